The smallest absolute Gasteiger partial charge is 0.350 e. The SMILES string of the molecule is Cc1ccc(-n2nc(C(=O)NCC(C)C)c(=O)n(Cc3ccccc3F)c2=O)cc1. The molecule has 0 unspecified atom stereocenters. The Balaban J connectivity index is 2.17. The molecule has 0 saturated heterocycles. The average molecular weight is 410 g/mol. The fourth-order valence-corrected chi connectivity index (χ4v) is 2.83. The summed E-state index contributed by atoms with van der Waals surface area (Å²) in [5.41, 5.74) is -0.522. The van der Waals surface area contributed by atoms with Gasteiger partial charge in [-0.05, 0) is 31.0 Å². The van der Waals surface area contributed by atoms with E-state index >= 15 is 0 Å². The van der Waals surface area contributed by atoms with Gasteiger partial charge in [-0.3, -0.25) is 14.2 Å². The zero-order chi connectivity index (χ0) is 21.8. The van der Waals surface area contributed by atoms with Crippen molar-refractivity contribution in [3.8, 4) is 5.69 Å². The number of nitrogens with zero attached hydrogens (tertiary/aromatic N) is 3. The van der Waals surface area contributed by atoms with E-state index in [1.54, 1.807) is 30.3 Å². The third-order valence-corrected chi connectivity index (χ3v) is 4.51. The molecule has 0 aliphatic rings. The molecule has 0 atom stereocenters. The van der Waals surface area contributed by atoms with Gasteiger partial charge in [-0.1, -0.05) is 49.7 Å². The molecule has 1 aromatic heterocycles. The maximum Gasteiger partial charge on any atom is 0.352 e. The van der Waals surface area contributed by atoms with Crippen LogP contribution in [-0.2, 0) is 6.54 Å². The highest BCUT2D eigenvalue weighted by Crippen LogP contribution is 2.08. The van der Waals surface area contributed by atoms with Crippen molar-refractivity contribution in [3.63, 3.8) is 0 Å². The van der Waals surface area contributed by atoms with Gasteiger partial charge in [0.05, 0.1) is 12.2 Å². The first-order chi connectivity index (χ1) is 14.3. The lowest BCUT2D eigenvalue weighted by Gasteiger charge is -2.13. The lowest BCUT2D eigenvalue weighted by Crippen LogP contribution is -2.46. The first kappa shape index (κ1) is 21.2. The summed E-state index contributed by atoms with van der Waals surface area (Å²) in [6.07, 6.45) is 0. The van der Waals surface area contributed by atoms with Crippen LogP contribution in [0.2, 0.25) is 0 Å². The van der Waals surface area contributed by atoms with Crippen molar-refractivity contribution in [3.05, 3.63) is 92.0 Å². The Kier molecular flexibility index (Phi) is 6.25. The number of nitrogens with one attached hydrogen (secondary N) is 1. The second kappa shape index (κ2) is 8.86. The van der Waals surface area contributed by atoms with Gasteiger partial charge in [0.15, 0.2) is 0 Å². The third kappa shape index (κ3) is 4.53. The van der Waals surface area contributed by atoms with Gasteiger partial charge in [-0.15, -0.1) is 0 Å². The molecule has 0 saturated carbocycles. The quantitative estimate of drug-likeness (QED) is 0.676. The van der Waals surface area contributed by atoms with Crippen LogP contribution in [0.5, 0.6) is 0 Å². The monoisotopic (exact) mass is 410 g/mol. The molecule has 1 amide bonds. The summed E-state index contributed by atoms with van der Waals surface area (Å²) < 4.78 is 16.0. The van der Waals surface area contributed by atoms with Gasteiger partial charge in [0.25, 0.3) is 11.5 Å². The Morgan fingerprint density at radius 1 is 1.10 bits per heavy atom. The Hall–Kier alpha value is -3.55. The molecule has 3 aromatic rings. The highest BCUT2D eigenvalue weighted by molar-refractivity contribution is 5.91. The van der Waals surface area contributed by atoms with Crippen LogP contribution >= 0.6 is 0 Å². The van der Waals surface area contributed by atoms with Gasteiger partial charge in [0.1, 0.15) is 5.82 Å². The topological polar surface area (TPSA) is 86.0 Å². The van der Waals surface area contributed by atoms with Gasteiger partial charge in [-0.2, -0.15) is 9.78 Å². The number of hydrogen-bond acceptors (Lipinski definition) is 4. The first-order valence-electron chi connectivity index (χ1n) is 9.60. The number of carbonyl (C=O) groups excluding carboxylic acids is 1. The van der Waals surface area contributed by atoms with Crippen molar-refractivity contribution in [1.29, 1.82) is 0 Å². The maximum absolute atomic E-state index is 14.2. The van der Waals surface area contributed by atoms with Crippen molar-refractivity contribution >= 4 is 5.91 Å². The summed E-state index contributed by atoms with van der Waals surface area (Å²) in [6.45, 7) is 5.75. The van der Waals surface area contributed by atoms with Crippen LogP contribution in [-0.4, -0.2) is 26.8 Å². The Morgan fingerprint density at radius 2 is 1.77 bits per heavy atom. The molecular formula is C22H23FN4O3. The predicted molar refractivity (Wildman–Crippen MR) is 112 cm³/mol. The lowest BCUT2D eigenvalue weighted by molar-refractivity contribution is 0.0939. The number of carbonyl (C=O) groups is 1. The lowest BCUT2D eigenvalue weighted by atomic mass is 10.2. The van der Waals surface area contributed by atoms with Gasteiger partial charge < -0.3 is 5.32 Å². The maximum atomic E-state index is 14.2. The second-order valence-corrected chi connectivity index (χ2v) is 7.47. The average Bonchev–Trinajstić information content (AvgIpc) is 2.71. The van der Waals surface area contributed by atoms with E-state index in [0.717, 1.165) is 14.8 Å². The van der Waals surface area contributed by atoms with E-state index in [2.05, 4.69) is 10.4 Å². The normalized spacial score (nSPS) is 11.0. The zero-order valence-corrected chi connectivity index (χ0v) is 17.1. The molecule has 0 radical (unpaired) electrons. The standard InChI is InChI=1S/C22H23FN4O3/c1-14(2)12-24-20(28)19-21(29)26(13-16-6-4-5-7-18(16)23)22(30)27(25-19)17-10-8-15(3)9-11-17/h4-11,14H,12-13H2,1-3H3,(H,24,28). The first-order valence-corrected chi connectivity index (χ1v) is 9.60. The van der Waals surface area contributed by atoms with E-state index in [9.17, 15) is 18.8 Å². The molecule has 1 N–H and O–H groups in total. The number of hydrogen-bond donors (Lipinski definition) is 1. The molecule has 0 aliphatic heterocycles. The Morgan fingerprint density at radius 3 is 2.40 bits per heavy atom. The summed E-state index contributed by atoms with van der Waals surface area (Å²) in [4.78, 5) is 38.6. The van der Waals surface area contributed by atoms with E-state index in [1.807, 2.05) is 20.8 Å². The molecule has 7 nitrogen and oxygen atoms in total. The molecular weight excluding hydrogens is 387 g/mol. The third-order valence-electron chi connectivity index (χ3n) is 4.51. The van der Waals surface area contributed by atoms with Crippen LogP contribution in [0.25, 0.3) is 5.69 Å². The predicted octanol–water partition coefficient (Wildman–Crippen LogP) is 2.28. The molecule has 0 bridgehead atoms. The molecule has 0 spiro atoms. The highest BCUT2D eigenvalue weighted by Gasteiger charge is 2.21. The molecule has 1 heterocycles. The van der Waals surface area contributed by atoms with E-state index in [1.165, 1.54) is 18.2 Å². The van der Waals surface area contributed by atoms with E-state index < -0.39 is 28.7 Å². The highest BCUT2D eigenvalue weighted by atomic mass is 19.1. The molecule has 156 valence electrons. The number of halogens is 1. The fraction of sp³-hybridized carbons (Fsp3) is 0.273. The van der Waals surface area contributed by atoms with E-state index in [4.69, 9.17) is 0 Å². The largest absolute Gasteiger partial charge is 0.352 e. The van der Waals surface area contributed by atoms with Crippen LogP contribution in [0.4, 0.5) is 4.39 Å². The van der Waals surface area contributed by atoms with Crippen LogP contribution in [0.1, 0.15) is 35.5 Å². The Bertz CT molecular complexity index is 1180. The van der Waals surface area contributed by atoms with Crippen molar-refractivity contribution in [2.24, 2.45) is 5.92 Å². The number of rotatable bonds is 6. The van der Waals surface area contributed by atoms with Crippen molar-refractivity contribution in [1.82, 2.24) is 19.7 Å². The van der Waals surface area contributed by atoms with Gasteiger partial charge in [-0.25, -0.2) is 9.18 Å². The summed E-state index contributed by atoms with van der Waals surface area (Å²) >= 11 is 0. The second-order valence-electron chi connectivity index (χ2n) is 7.47. The summed E-state index contributed by atoms with van der Waals surface area (Å²) in [7, 11) is 0. The van der Waals surface area contributed by atoms with Crippen LogP contribution < -0.4 is 16.6 Å². The fourth-order valence-electron chi connectivity index (χ4n) is 2.83. The van der Waals surface area contributed by atoms with Crippen molar-refractivity contribution < 1.29 is 9.18 Å². The number of benzene rings is 2. The van der Waals surface area contributed by atoms with Crippen LogP contribution in [0.15, 0.2) is 58.1 Å². The van der Waals surface area contributed by atoms with Gasteiger partial charge in [0.2, 0.25) is 5.69 Å². The van der Waals surface area contributed by atoms with Crippen LogP contribution in [0.3, 0.4) is 0 Å². The summed E-state index contributed by atoms with van der Waals surface area (Å²) in [5, 5.41) is 6.68. The minimum absolute atomic E-state index is 0.159. The van der Waals surface area contributed by atoms with Crippen LogP contribution in [0, 0.1) is 18.7 Å². The van der Waals surface area contributed by atoms with Crippen molar-refractivity contribution in [2.75, 3.05) is 6.54 Å². The molecule has 0 aliphatic carbocycles. The molecule has 8 heteroatoms. The van der Waals surface area contributed by atoms with Gasteiger partial charge in [0, 0.05) is 12.1 Å². The number of aryl methyl sites for hydroxylation is 1. The molecule has 3 rings (SSSR count). The van der Waals surface area contributed by atoms with Crippen molar-refractivity contribution in [2.45, 2.75) is 27.3 Å². The molecule has 30 heavy (non-hydrogen) atoms. The van der Waals surface area contributed by atoms with E-state index in [0.29, 0.717) is 12.2 Å². The number of amides is 1. The molecule has 2 aromatic carbocycles. The minimum atomic E-state index is -0.868. The number of aromatic nitrogens is 3. The van der Waals surface area contributed by atoms with E-state index in [-0.39, 0.29) is 18.0 Å². The Labute approximate surface area is 172 Å². The van der Waals surface area contributed by atoms with Gasteiger partial charge >= 0.3 is 5.69 Å². The minimum Gasteiger partial charge on any atom is -0.350 e. The summed E-state index contributed by atoms with van der Waals surface area (Å²) in [5.74, 6) is -1.07. The molecule has 0 fully saturated rings. The summed E-state index contributed by atoms with van der Waals surface area (Å²) in [6, 6.07) is 12.8. The zero-order valence-electron chi connectivity index (χ0n) is 17.1.